The maximum absolute atomic E-state index is 12.2. The molecule has 0 heterocycles. The molecule has 0 radical (unpaired) electrons. The number of hydrogen-bond donors (Lipinski definition) is 1. The van der Waals surface area contributed by atoms with Gasteiger partial charge in [0.15, 0.2) is 0 Å². The summed E-state index contributed by atoms with van der Waals surface area (Å²) < 4.78 is 0. The molecular formula is C17H32N2O. The van der Waals surface area contributed by atoms with E-state index < -0.39 is 0 Å². The van der Waals surface area contributed by atoms with Gasteiger partial charge in [-0.3, -0.25) is 4.79 Å². The second-order valence-electron chi connectivity index (χ2n) is 7.32. The molecule has 2 aliphatic carbocycles. The fourth-order valence-electron chi connectivity index (χ4n) is 4.00. The second kappa shape index (κ2) is 6.93. The van der Waals surface area contributed by atoms with Gasteiger partial charge in [0, 0.05) is 19.1 Å². The van der Waals surface area contributed by atoms with Crippen molar-refractivity contribution in [2.45, 2.75) is 71.8 Å². The molecule has 0 aromatic carbocycles. The lowest BCUT2D eigenvalue weighted by atomic mass is 9.78. The Balaban J connectivity index is 1.76. The maximum atomic E-state index is 12.2. The number of nitrogens with one attached hydrogen (secondary N) is 1. The molecule has 0 bridgehead atoms. The Morgan fingerprint density at radius 3 is 2.45 bits per heavy atom. The van der Waals surface area contributed by atoms with Gasteiger partial charge in [0.25, 0.3) is 0 Å². The monoisotopic (exact) mass is 280 g/mol. The molecule has 2 fully saturated rings. The largest absolute Gasteiger partial charge is 0.339 e. The molecule has 1 amide bonds. The summed E-state index contributed by atoms with van der Waals surface area (Å²) in [5.41, 5.74) is 0.463. The first kappa shape index (κ1) is 15.8. The van der Waals surface area contributed by atoms with E-state index in [-0.39, 0.29) is 0 Å². The predicted molar refractivity (Wildman–Crippen MR) is 83.6 cm³/mol. The Hall–Kier alpha value is -0.570. The van der Waals surface area contributed by atoms with Gasteiger partial charge in [0.05, 0.1) is 6.54 Å². The van der Waals surface area contributed by atoms with Crippen LogP contribution in [0.2, 0.25) is 0 Å². The molecule has 0 aromatic heterocycles. The number of hydrogen-bond acceptors (Lipinski definition) is 2. The Morgan fingerprint density at radius 1 is 1.30 bits per heavy atom. The Kier molecular flexibility index (Phi) is 5.48. The number of nitrogens with zero attached hydrogens (tertiary/aromatic N) is 1. The van der Waals surface area contributed by atoms with Crippen molar-refractivity contribution in [3.8, 4) is 0 Å². The third-order valence-electron chi connectivity index (χ3n) is 4.93. The molecule has 0 saturated heterocycles. The van der Waals surface area contributed by atoms with Crippen LogP contribution in [0.15, 0.2) is 0 Å². The van der Waals surface area contributed by atoms with Crippen molar-refractivity contribution < 1.29 is 4.79 Å². The average molecular weight is 280 g/mol. The van der Waals surface area contributed by atoms with E-state index in [2.05, 4.69) is 31.0 Å². The van der Waals surface area contributed by atoms with Crippen LogP contribution >= 0.6 is 0 Å². The van der Waals surface area contributed by atoms with Gasteiger partial charge >= 0.3 is 0 Å². The smallest absolute Gasteiger partial charge is 0.236 e. The van der Waals surface area contributed by atoms with Gasteiger partial charge < -0.3 is 10.2 Å². The van der Waals surface area contributed by atoms with Crippen molar-refractivity contribution in [1.29, 1.82) is 0 Å². The van der Waals surface area contributed by atoms with Crippen molar-refractivity contribution in [2.75, 3.05) is 19.6 Å². The molecule has 2 saturated carbocycles. The molecule has 0 unspecified atom stereocenters. The molecular weight excluding hydrogens is 248 g/mol. The topological polar surface area (TPSA) is 32.3 Å². The lowest BCUT2D eigenvalue weighted by molar-refractivity contribution is -0.130. The van der Waals surface area contributed by atoms with Crippen LogP contribution in [-0.2, 0) is 4.79 Å². The van der Waals surface area contributed by atoms with Gasteiger partial charge in [0.2, 0.25) is 5.91 Å². The summed E-state index contributed by atoms with van der Waals surface area (Å²) in [6.45, 7) is 9.15. The Labute approximate surface area is 124 Å². The summed E-state index contributed by atoms with van der Waals surface area (Å²) in [6, 6.07) is 0.547. The number of likely N-dealkylation sites (N-methyl/N-ethyl adjacent to an activating group) is 1. The zero-order valence-corrected chi connectivity index (χ0v) is 13.6. The summed E-state index contributed by atoms with van der Waals surface area (Å²) in [5.74, 6) is 1.05. The minimum atomic E-state index is 0.299. The number of carbonyl (C=O) groups excluding carboxylic acids is 1. The number of rotatable bonds is 8. The van der Waals surface area contributed by atoms with Crippen molar-refractivity contribution in [3.63, 3.8) is 0 Å². The summed E-state index contributed by atoms with van der Waals surface area (Å²) >= 11 is 0. The van der Waals surface area contributed by atoms with Crippen LogP contribution in [0.4, 0.5) is 0 Å². The number of amides is 1. The molecule has 2 rings (SSSR count). The lowest BCUT2D eigenvalue weighted by Crippen LogP contribution is -2.42. The van der Waals surface area contributed by atoms with Crippen LogP contribution in [0.3, 0.4) is 0 Å². The zero-order chi connectivity index (χ0) is 14.6. The number of carbonyl (C=O) groups is 1. The van der Waals surface area contributed by atoms with Crippen LogP contribution in [0.1, 0.15) is 65.7 Å². The van der Waals surface area contributed by atoms with Crippen molar-refractivity contribution >= 4 is 5.91 Å². The molecule has 0 aliphatic heterocycles. The molecule has 3 heteroatoms. The van der Waals surface area contributed by atoms with E-state index in [1.807, 2.05) is 0 Å². The minimum Gasteiger partial charge on any atom is -0.339 e. The fourth-order valence-corrected chi connectivity index (χ4v) is 4.00. The minimum absolute atomic E-state index is 0.299. The average Bonchev–Trinajstić information content (AvgIpc) is 3.11. The molecule has 1 N–H and O–H groups in total. The van der Waals surface area contributed by atoms with Gasteiger partial charge in [-0.25, -0.2) is 0 Å². The summed E-state index contributed by atoms with van der Waals surface area (Å²) in [6.07, 6.45) is 9.12. The zero-order valence-electron chi connectivity index (χ0n) is 13.6. The van der Waals surface area contributed by atoms with Gasteiger partial charge in [-0.1, -0.05) is 26.7 Å². The normalized spacial score (nSPS) is 21.4. The second-order valence-corrected chi connectivity index (χ2v) is 7.32. The summed E-state index contributed by atoms with van der Waals surface area (Å²) in [5, 5.41) is 3.48. The van der Waals surface area contributed by atoms with Gasteiger partial charge in [-0.05, 0) is 50.4 Å². The molecule has 116 valence electrons. The lowest BCUT2D eigenvalue weighted by Gasteiger charge is -2.31. The van der Waals surface area contributed by atoms with Gasteiger partial charge in [0.1, 0.15) is 0 Å². The first-order valence-corrected chi connectivity index (χ1v) is 8.56. The molecule has 0 atom stereocenters. The van der Waals surface area contributed by atoms with E-state index in [1.165, 1.54) is 44.9 Å². The van der Waals surface area contributed by atoms with E-state index in [0.717, 1.165) is 19.0 Å². The van der Waals surface area contributed by atoms with Crippen molar-refractivity contribution in [2.24, 2.45) is 11.3 Å². The van der Waals surface area contributed by atoms with Crippen molar-refractivity contribution in [3.05, 3.63) is 0 Å². The van der Waals surface area contributed by atoms with E-state index in [1.54, 1.807) is 0 Å². The standard InChI is InChI=1S/C17H32N2O/c1-4-19(15-7-8-15)16(20)12-18-13-17(11-14(2)3)9-5-6-10-17/h14-15,18H,4-13H2,1-3H3. The highest BCUT2D eigenvalue weighted by molar-refractivity contribution is 5.78. The highest BCUT2D eigenvalue weighted by Gasteiger charge is 2.35. The fraction of sp³-hybridized carbons (Fsp3) is 0.941. The van der Waals surface area contributed by atoms with Crippen molar-refractivity contribution in [1.82, 2.24) is 10.2 Å². The van der Waals surface area contributed by atoms with Crippen LogP contribution in [-0.4, -0.2) is 36.5 Å². The summed E-state index contributed by atoms with van der Waals surface area (Å²) in [4.78, 5) is 14.3. The molecule has 0 aromatic rings. The van der Waals surface area contributed by atoms with E-state index in [4.69, 9.17) is 0 Å². The van der Waals surface area contributed by atoms with E-state index >= 15 is 0 Å². The first-order chi connectivity index (χ1) is 9.56. The maximum Gasteiger partial charge on any atom is 0.236 e. The summed E-state index contributed by atoms with van der Waals surface area (Å²) in [7, 11) is 0. The van der Waals surface area contributed by atoms with Crippen LogP contribution in [0, 0.1) is 11.3 Å². The molecule has 0 spiro atoms. The Bertz CT molecular complexity index is 317. The highest BCUT2D eigenvalue weighted by Crippen LogP contribution is 2.42. The quantitative estimate of drug-likeness (QED) is 0.740. The van der Waals surface area contributed by atoms with Gasteiger partial charge in [-0.2, -0.15) is 0 Å². The predicted octanol–water partition coefficient (Wildman–Crippen LogP) is 3.19. The Morgan fingerprint density at radius 2 is 1.95 bits per heavy atom. The third kappa shape index (κ3) is 4.21. The molecule has 2 aliphatic rings. The third-order valence-corrected chi connectivity index (χ3v) is 4.93. The van der Waals surface area contributed by atoms with Crippen LogP contribution in [0.25, 0.3) is 0 Å². The van der Waals surface area contributed by atoms with E-state index in [0.29, 0.717) is 23.9 Å². The highest BCUT2D eigenvalue weighted by atomic mass is 16.2. The van der Waals surface area contributed by atoms with Gasteiger partial charge in [-0.15, -0.1) is 0 Å². The van der Waals surface area contributed by atoms with Crippen LogP contribution < -0.4 is 5.32 Å². The van der Waals surface area contributed by atoms with Crippen LogP contribution in [0.5, 0.6) is 0 Å². The molecule has 3 nitrogen and oxygen atoms in total. The molecule has 20 heavy (non-hydrogen) atoms. The SMILES string of the molecule is CCN(C(=O)CNCC1(CC(C)C)CCCC1)C1CC1. The first-order valence-electron chi connectivity index (χ1n) is 8.56. The van der Waals surface area contributed by atoms with E-state index in [9.17, 15) is 4.79 Å².